The van der Waals surface area contributed by atoms with Gasteiger partial charge in [0, 0.05) is 12.2 Å². The van der Waals surface area contributed by atoms with Crippen LogP contribution in [0, 0.1) is 25.2 Å². The van der Waals surface area contributed by atoms with Gasteiger partial charge in [0.05, 0.1) is 18.2 Å². The highest BCUT2D eigenvalue weighted by atomic mass is 32.2. The number of nitrogens with zero attached hydrogens (tertiary/aromatic N) is 5. The monoisotopic (exact) mass is 478 g/mol. The minimum absolute atomic E-state index is 0.116. The van der Waals surface area contributed by atoms with Crippen LogP contribution in [0.25, 0.3) is 0 Å². The maximum Gasteiger partial charge on any atom is 0.237 e. The number of thioether (sulfide) groups is 1. The SMILES string of the molecule is Cc1ccc(N(CCC#N)C(=O)CSc2nnc(COc3ccc(C(C)C)cc3)n2N)cc1C. The molecule has 1 heterocycles. The first-order valence-corrected chi connectivity index (χ1v) is 12.1. The molecule has 0 saturated carbocycles. The number of carbonyl (C=O) groups excluding carboxylic acids is 1. The van der Waals surface area contributed by atoms with Gasteiger partial charge >= 0.3 is 0 Å². The van der Waals surface area contributed by atoms with Crippen molar-refractivity contribution in [3.63, 3.8) is 0 Å². The first-order valence-electron chi connectivity index (χ1n) is 11.1. The van der Waals surface area contributed by atoms with Crippen molar-refractivity contribution in [2.24, 2.45) is 0 Å². The molecule has 0 spiro atoms. The van der Waals surface area contributed by atoms with Crippen LogP contribution in [-0.4, -0.2) is 33.1 Å². The van der Waals surface area contributed by atoms with Crippen molar-refractivity contribution in [2.45, 2.75) is 51.8 Å². The van der Waals surface area contributed by atoms with Crippen molar-refractivity contribution in [3.05, 3.63) is 65.0 Å². The minimum Gasteiger partial charge on any atom is -0.486 e. The van der Waals surface area contributed by atoms with E-state index >= 15 is 0 Å². The standard InChI is InChI=1S/C25H30N6O2S/c1-17(2)20-7-10-22(11-8-20)33-15-23-28-29-25(31(23)27)34-16-24(32)30(13-5-12-26)21-9-6-18(3)19(4)14-21/h6-11,14,17H,5,13,15-16,27H2,1-4H3. The molecule has 0 atom stereocenters. The first kappa shape index (κ1) is 25.1. The lowest BCUT2D eigenvalue weighted by molar-refractivity contribution is -0.116. The lowest BCUT2D eigenvalue weighted by Crippen LogP contribution is -2.33. The van der Waals surface area contributed by atoms with Gasteiger partial charge < -0.3 is 15.5 Å². The smallest absolute Gasteiger partial charge is 0.237 e. The molecule has 1 aromatic heterocycles. The van der Waals surface area contributed by atoms with E-state index in [1.165, 1.54) is 22.0 Å². The molecule has 2 aromatic carbocycles. The molecule has 1 amide bonds. The Hall–Kier alpha value is -3.51. The number of nitrogen functional groups attached to an aromatic ring is 1. The summed E-state index contributed by atoms with van der Waals surface area (Å²) < 4.78 is 7.13. The molecule has 8 nitrogen and oxygen atoms in total. The summed E-state index contributed by atoms with van der Waals surface area (Å²) in [6.07, 6.45) is 0.246. The number of hydrogen-bond acceptors (Lipinski definition) is 7. The number of benzene rings is 2. The number of nitriles is 1. The summed E-state index contributed by atoms with van der Waals surface area (Å²) in [6.45, 7) is 8.78. The predicted molar refractivity (Wildman–Crippen MR) is 134 cm³/mol. The van der Waals surface area contributed by atoms with Crippen LogP contribution in [0.5, 0.6) is 5.75 Å². The normalized spacial score (nSPS) is 10.8. The number of amides is 1. The van der Waals surface area contributed by atoms with Crippen molar-refractivity contribution in [1.82, 2.24) is 14.9 Å². The van der Waals surface area contributed by atoms with E-state index in [1.807, 2.05) is 56.3 Å². The van der Waals surface area contributed by atoms with Gasteiger partial charge in [-0.3, -0.25) is 4.79 Å². The molecule has 178 valence electrons. The summed E-state index contributed by atoms with van der Waals surface area (Å²) in [4.78, 5) is 14.6. The molecule has 0 fully saturated rings. The average molecular weight is 479 g/mol. The number of aromatic nitrogens is 3. The van der Waals surface area contributed by atoms with Gasteiger partial charge in [0.2, 0.25) is 11.1 Å². The molecule has 0 aliphatic heterocycles. The van der Waals surface area contributed by atoms with E-state index in [0.29, 0.717) is 23.4 Å². The van der Waals surface area contributed by atoms with Gasteiger partial charge in [-0.1, -0.05) is 43.8 Å². The van der Waals surface area contributed by atoms with Crippen LogP contribution in [0.15, 0.2) is 47.6 Å². The third-order valence-corrected chi connectivity index (χ3v) is 6.45. The first-order chi connectivity index (χ1) is 16.3. The lowest BCUT2D eigenvalue weighted by Gasteiger charge is -2.22. The van der Waals surface area contributed by atoms with Gasteiger partial charge in [0.1, 0.15) is 12.4 Å². The second kappa shape index (κ2) is 11.6. The summed E-state index contributed by atoms with van der Waals surface area (Å²) >= 11 is 1.20. The number of ether oxygens (including phenoxy) is 1. The molecule has 0 aliphatic rings. The summed E-state index contributed by atoms with van der Waals surface area (Å²) in [5.41, 5.74) is 4.25. The summed E-state index contributed by atoms with van der Waals surface area (Å²) in [6, 6.07) is 15.9. The number of nitrogens with two attached hydrogens (primary N) is 1. The van der Waals surface area contributed by atoms with Crippen LogP contribution in [0.4, 0.5) is 5.69 Å². The fraction of sp³-hybridized carbons (Fsp3) is 0.360. The Kier molecular flexibility index (Phi) is 8.55. The van der Waals surface area contributed by atoms with E-state index in [1.54, 1.807) is 4.90 Å². The minimum atomic E-state index is -0.130. The Morgan fingerprint density at radius 2 is 1.91 bits per heavy atom. The van der Waals surface area contributed by atoms with E-state index in [9.17, 15) is 4.79 Å². The fourth-order valence-corrected chi connectivity index (χ4v) is 4.01. The molecule has 34 heavy (non-hydrogen) atoms. The zero-order valence-electron chi connectivity index (χ0n) is 20.0. The third-order valence-electron chi connectivity index (χ3n) is 5.53. The second-order valence-corrected chi connectivity index (χ2v) is 9.23. The molecule has 0 saturated heterocycles. The molecular weight excluding hydrogens is 448 g/mol. The van der Waals surface area contributed by atoms with E-state index in [-0.39, 0.29) is 24.7 Å². The topological polar surface area (TPSA) is 110 Å². The molecule has 3 rings (SSSR count). The molecule has 3 aromatic rings. The van der Waals surface area contributed by atoms with E-state index < -0.39 is 0 Å². The van der Waals surface area contributed by atoms with Gasteiger partial charge in [-0.15, -0.1) is 10.2 Å². The molecule has 0 unspecified atom stereocenters. The van der Waals surface area contributed by atoms with Crippen LogP contribution in [0.2, 0.25) is 0 Å². The zero-order chi connectivity index (χ0) is 24.7. The van der Waals surface area contributed by atoms with Crippen LogP contribution < -0.4 is 15.5 Å². The quantitative estimate of drug-likeness (QED) is 0.341. The predicted octanol–water partition coefficient (Wildman–Crippen LogP) is 4.35. The molecule has 2 N–H and O–H groups in total. The van der Waals surface area contributed by atoms with Gasteiger partial charge in [-0.05, 0) is 60.7 Å². The Balaban J connectivity index is 1.62. The van der Waals surface area contributed by atoms with Crippen molar-refractivity contribution >= 4 is 23.4 Å². The number of carbonyl (C=O) groups is 1. The van der Waals surface area contributed by atoms with Crippen LogP contribution in [0.3, 0.4) is 0 Å². The fourth-order valence-electron chi connectivity index (χ4n) is 3.26. The van der Waals surface area contributed by atoms with Crippen molar-refractivity contribution < 1.29 is 9.53 Å². The summed E-state index contributed by atoms with van der Waals surface area (Å²) in [7, 11) is 0. The molecule has 0 bridgehead atoms. The number of anilines is 1. The summed E-state index contributed by atoms with van der Waals surface area (Å²) in [5.74, 6) is 7.76. The Labute approximate surface area is 204 Å². The zero-order valence-corrected chi connectivity index (χ0v) is 20.8. The van der Waals surface area contributed by atoms with Gasteiger partial charge in [-0.2, -0.15) is 5.26 Å². The van der Waals surface area contributed by atoms with Crippen molar-refractivity contribution in [2.75, 3.05) is 23.0 Å². The number of hydrogen-bond donors (Lipinski definition) is 1. The highest BCUT2D eigenvalue weighted by molar-refractivity contribution is 7.99. The Morgan fingerprint density at radius 3 is 2.56 bits per heavy atom. The Morgan fingerprint density at radius 1 is 1.18 bits per heavy atom. The second-order valence-electron chi connectivity index (χ2n) is 8.29. The summed E-state index contributed by atoms with van der Waals surface area (Å²) in [5, 5.41) is 17.6. The number of rotatable bonds is 10. The van der Waals surface area contributed by atoms with Crippen LogP contribution in [0.1, 0.15) is 48.7 Å². The van der Waals surface area contributed by atoms with Crippen molar-refractivity contribution in [3.8, 4) is 11.8 Å². The highest BCUT2D eigenvalue weighted by Gasteiger charge is 2.19. The number of aryl methyl sites for hydroxylation is 2. The lowest BCUT2D eigenvalue weighted by atomic mass is 10.0. The van der Waals surface area contributed by atoms with E-state index in [0.717, 1.165) is 22.6 Å². The van der Waals surface area contributed by atoms with Crippen LogP contribution >= 0.6 is 11.8 Å². The molecular formula is C25H30N6O2S. The molecule has 0 radical (unpaired) electrons. The van der Waals surface area contributed by atoms with Gasteiger partial charge in [-0.25, -0.2) is 4.68 Å². The molecule has 0 aliphatic carbocycles. The largest absolute Gasteiger partial charge is 0.486 e. The average Bonchev–Trinajstić information content (AvgIpc) is 3.18. The van der Waals surface area contributed by atoms with Crippen LogP contribution in [-0.2, 0) is 11.4 Å². The highest BCUT2D eigenvalue weighted by Crippen LogP contribution is 2.23. The van der Waals surface area contributed by atoms with E-state index in [4.69, 9.17) is 15.8 Å². The van der Waals surface area contributed by atoms with Crippen molar-refractivity contribution in [1.29, 1.82) is 5.26 Å². The Bertz CT molecular complexity index is 1170. The maximum atomic E-state index is 13.0. The molecule has 9 heteroatoms. The van der Waals surface area contributed by atoms with E-state index in [2.05, 4.69) is 30.1 Å². The maximum absolute atomic E-state index is 13.0. The van der Waals surface area contributed by atoms with Gasteiger partial charge in [0.15, 0.2) is 5.82 Å². The third kappa shape index (κ3) is 6.29. The van der Waals surface area contributed by atoms with Gasteiger partial charge in [0.25, 0.3) is 0 Å².